The Morgan fingerprint density at radius 2 is 2.03 bits per heavy atom. The number of hydrogen-bond donors (Lipinski definition) is 1. The van der Waals surface area contributed by atoms with E-state index in [4.69, 9.17) is 19.2 Å². The Morgan fingerprint density at radius 1 is 1.23 bits per heavy atom. The lowest BCUT2D eigenvalue weighted by molar-refractivity contribution is 0.0320. The first-order valence-electron chi connectivity index (χ1n) is 11.7. The van der Waals surface area contributed by atoms with Gasteiger partial charge in [-0.15, -0.1) is 0 Å². The Morgan fingerprint density at radius 3 is 2.74 bits per heavy atom. The Hall–Kier alpha value is -3.11. The number of amides is 1. The monoisotopic (exact) mass is 486 g/mol. The largest absolute Gasteiger partial charge is 0.486 e. The summed E-state index contributed by atoms with van der Waals surface area (Å²) in [5.41, 5.74) is 1.18. The van der Waals surface area contributed by atoms with E-state index < -0.39 is 18.0 Å². The maximum Gasteiger partial charge on any atom is 0.280 e. The van der Waals surface area contributed by atoms with Crippen molar-refractivity contribution in [2.75, 3.05) is 25.1 Å². The summed E-state index contributed by atoms with van der Waals surface area (Å²) in [5, 5.41) is 2.79. The fourth-order valence-corrected chi connectivity index (χ4v) is 4.54. The molecule has 186 valence electrons. The SMILES string of the molecule is CC1(C)CC(Oc2cc3nc(C4CCOCC4)cn3cc2NC(=O)c2cccc(C(F)F)n2)CO1. The lowest BCUT2D eigenvalue weighted by Crippen LogP contribution is -2.21. The molecule has 1 N–H and O–H groups in total. The van der Waals surface area contributed by atoms with E-state index in [0.29, 0.717) is 49.2 Å². The van der Waals surface area contributed by atoms with E-state index >= 15 is 0 Å². The van der Waals surface area contributed by atoms with Crippen molar-refractivity contribution in [2.24, 2.45) is 0 Å². The second-order valence-electron chi connectivity index (χ2n) is 9.59. The molecule has 5 heterocycles. The van der Waals surface area contributed by atoms with Crippen molar-refractivity contribution in [3.05, 3.63) is 53.7 Å². The van der Waals surface area contributed by atoms with Gasteiger partial charge in [0.05, 0.1) is 17.9 Å². The average molecular weight is 487 g/mol. The van der Waals surface area contributed by atoms with Crippen molar-refractivity contribution in [3.8, 4) is 5.75 Å². The second kappa shape index (κ2) is 9.50. The molecule has 0 saturated carbocycles. The van der Waals surface area contributed by atoms with Gasteiger partial charge in [0.1, 0.15) is 34.6 Å². The van der Waals surface area contributed by atoms with Gasteiger partial charge in [-0.2, -0.15) is 0 Å². The molecule has 2 saturated heterocycles. The number of nitrogens with zero attached hydrogens (tertiary/aromatic N) is 3. The summed E-state index contributed by atoms with van der Waals surface area (Å²) in [6, 6.07) is 5.76. The summed E-state index contributed by atoms with van der Waals surface area (Å²) in [7, 11) is 0. The fraction of sp³-hybridized carbons (Fsp3) is 0.480. The van der Waals surface area contributed by atoms with Crippen LogP contribution in [0.5, 0.6) is 5.75 Å². The molecule has 2 aliphatic rings. The summed E-state index contributed by atoms with van der Waals surface area (Å²) in [6.45, 7) is 5.83. The molecule has 1 atom stereocenters. The molecular weight excluding hydrogens is 458 g/mol. The Labute approximate surface area is 201 Å². The van der Waals surface area contributed by atoms with Gasteiger partial charge in [0, 0.05) is 44.0 Å². The van der Waals surface area contributed by atoms with Gasteiger partial charge in [0.2, 0.25) is 0 Å². The number of imidazole rings is 1. The van der Waals surface area contributed by atoms with Crippen molar-refractivity contribution in [2.45, 2.75) is 57.2 Å². The zero-order valence-electron chi connectivity index (χ0n) is 19.7. The predicted octanol–water partition coefficient (Wildman–Crippen LogP) is 4.76. The number of alkyl halides is 2. The molecule has 2 fully saturated rings. The summed E-state index contributed by atoms with van der Waals surface area (Å²) in [5.74, 6) is 0.132. The van der Waals surface area contributed by atoms with Gasteiger partial charge in [0.25, 0.3) is 12.3 Å². The van der Waals surface area contributed by atoms with Crippen LogP contribution >= 0.6 is 0 Å². The highest BCUT2D eigenvalue weighted by Crippen LogP contribution is 2.34. The van der Waals surface area contributed by atoms with Crippen LogP contribution in [-0.4, -0.2) is 51.8 Å². The second-order valence-corrected chi connectivity index (χ2v) is 9.59. The van der Waals surface area contributed by atoms with Crippen LogP contribution in [0.1, 0.15) is 67.3 Å². The number of fused-ring (bicyclic) bond motifs is 1. The molecule has 35 heavy (non-hydrogen) atoms. The third-order valence-corrected chi connectivity index (χ3v) is 6.36. The molecule has 8 nitrogen and oxygen atoms in total. The topological polar surface area (TPSA) is 87.0 Å². The third kappa shape index (κ3) is 5.28. The van der Waals surface area contributed by atoms with E-state index in [9.17, 15) is 13.6 Å². The molecule has 1 amide bonds. The van der Waals surface area contributed by atoms with Crippen LogP contribution in [0, 0.1) is 0 Å². The first kappa shape index (κ1) is 23.6. The average Bonchev–Trinajstić information content (AvgIpc) is 3.41. The highest BCUT2D eigenvalue weighted by molar-refractivity contribution is 6.03. The van der Waals surface area contributed by atoms with Crippen LogP contribution in [0.2, 0.25) is 0 Å². The van der Waals surface area contributed by atoms with Crippen molar-refractivity contribution in [1.29, 1.82) is 0 Å². The van der Waals surface area contributed by atoms with Crippen LogP contribution in [0.25, 0.3) is 5.65 Å². The lowest BCUT2D eigenvalue weighted by Gasteiger charge is -2.19. The number of carbonyl (C=O) groups excluding carboxylic acids is 1. The Kier molecular flexibility index (Phi) is 6.41. The first-order chi connectivity index (χ1) is 16.8. The van der Waals surface area contributed by atoms with Crippen molar-refractivity contribution in [3.63, 3.8) is 0 Å². The van der Waals surface area contributed by atoms with Crippen molar-refractivity contribution < 1.29 is 27.8 Å². The van der Waals surface area contributed by atoms with Crippen LogP contribution in [-0.2, 0) is 9.47 Å². The fourth-order valence-electron chi connectivity index (χ4n) is 4.54. The number of ether oxygens (including phenoxy) is 3. The zero-order chi connectivity index (χ0) is 24.6. The summed E-state index contributed by atoms with van der Waals surface area (Å²) >= 11 is 0. The molecule has 1 unspecified atom stereocenters. The summed E-state index contributed by atoms with van der Waals surface area (Å²) in [6.07, 6.45) is 3.20. The number of halogens is 2. The molecule has 5 rings (SSSR count). The van der Waals surface area contributed by atoms with Crippen LogP contribution < -0.4 is 10.1 Å². The van der Waals surface area contributed by atoms with Gasteiger partial charge >= 0.3 is 0 Å². The van der Waals surface area contributed by atoms with Crippen LogP contribution in [0.15, 0.2) is 36.7 Å². The smallest absolute Gasteiger partial charge is 0.280 e. The van der Waals surface area contributed by atoms with E-state index in [1.807, 2.05) is 24.4 Å². The minimum Gasteiger partial charge on any atom is -0.486 e. The highest BCUT2D eigenvalue weighted by Gasteiger charge is 2.34. The van der Waals surface area contributed by atoms with Gasteiger partial charge in [0.15, 0.2) is 0 Å². The third-order valence-electron chi connectivity index (χ3n) is 6.36. The number of pyridine rings is 2. The Balaban J connectivity index is 1.46. The number of carbonyl (C=O) groups is 1. The first-order valence-corrected chi connectivity index (χ1v) is 11.7. The summed E-state index contributed by atoms with van der Waals surface area (Å²) < 4.78 is 45.5. The van der Waals surface area contributed by atoms with E-state index in [1.54, 1.807) is 12.3 Å². The molecule has 0 bridgehead atoms. The molecule has 3 aromatic heterocycles. The van der Waals surface area contributed by atoms with Crippen LogP contribution in [0.4, 0.5) is 14.5 Å². The van der Waals surface area contributed by atoms with Gasteiger partial charge in [-0.25, -0.2) is 18.7 Å². The van der Waals surface area contributed by atoms with Gasteiger partial charge in [-0.1, -0.05) is 6.07 Å². The summed E-state index contributed by atoms with van der Waals surface area (Å²) in [4.78, 5) is 21.5. The molecule has 0 aliphatic carbocycles. The maximum absolute atomic E-state index is 13.1. The number of anilines is 1. The molecule has 3 aromatic rings. The lowest BCUT2D eigenvalue weighted by atomic mass is 9.97. The van der Waals surface area contributed by atoms with E-state index in [1.165, 1.54) is 18.2 Å². The molecular formula is C25H28F2N4O4. The predicted molar refractivity (Wildman–Crippen MR) is 124 cm³/mol. The van der Waals surface area contributed by atoms with Crippen molar-refractivity contribution >= 4 is 17.2 Å². The number of nitrogens with one attached hydrogen (secondary N) is 1. The van der Waals surface area contributed by atoms with Gasteiger partial charge < -0.3 is 23.9 Å². The van der Waals surface area contributed by atoms with Gasteiger partial charge in [-0.05, 0) is 38.8 Å². The molecule has 0 aromatic carbocycles. The molecule has 10 heteroatoms. The number of hydrogen-bond acceptors (Lipinski definition) is 6. The molecule has 2 aliphatic heterocycles. The highest BCUT2D eigenvalue weighted by atomic mass is 19.3. The number of rotatable bonds is 6. The zero-order valence-corrected chi connectivity index (χ0v) is 19.7. The quantitative estimate of drug-likeness (QED) is 0.541. The van der Waals surface area contributed by atoms with Crippen molar-refractivity contribution in [1.82, 2.24) is 14.4 Å². The van der Waals surface area contributed by atoms with Crippen LogP contribution in [0.3, 0.4) is 0 Å². The minimum absolute atomic E-state index is 0.104. The minimum atomic E-state index is -2.77. The standard InChI is InChI=1S/C25H28F2N4O4/c1-25(2)11-16(14-34-25)35-21-10-22-29-19(15-6-8-33-9-7-15)12-31(22)13-20(21)30-24(32)18-5-3-4-17(28-18)23(26)27/h3-5,10,12-13,15-16,23H,6-9,11,14H2,1-2H3,(H,30,32). The van der Waals surface area contributed by atoms with E-state index in [2.05, 4.69) is 10.3 Å². The van der Waals surface area contributed by atoms with E-state index in [0.717, 1.165) is 18.5 Å². The normalized spacial score (nSPS) is 20.4. The van der Waals surface area contributed by atoms with E-state index in [-0.39, 0.29) is 17.4 Å². The maximum atomic E-state index is 13.1. The number of aromatic nitrogens is 3. The molecule has 0 spiro atoms. The Bertz CT molecular complexity index is 1220. The van der Waals surface area contributed by atoms with Gasteiger partial charge in [-0.3, -0.25) is 4.79 Å². The molecule has 0 radical (unpaired) electrons.